The van der Waals surface area contributed by atoms with Gasteiger partial charge in [-0.2, -0.15) is 0 Å². The summed E-state index contributed by atoms with van der Waals surface area (Å²) in [5.74, 6) is -0.196. The minimum Gasteiger partial charge on any atom is -0.490 e. The van der Waals surface area contributed by atoms with Crippen LogP contribution < -0.4 is 9.47 Å². The Morgan fingerprint density at radius 1 is 1.48 bits per heavy atom. The maximum absolute atomic E-state index is 14.4. The Morgan fingerprint density at radius 2 is 2.24 bits per heavy atom. The van der Waals surface area contributed by atoms with E-state index in [9.17, 15) is 9.18 Å². The number of nitrogens with zero attached hydrogens (tertiary/aromatic N) is 1. The number of halogens is 1. The van der Waals surface area contributed by atoms with Crippen molar-refractivity contribution in [2.24, 2.45) is 0 Å². The molecule has 1 unspecified atom stereocenters. The molecule has 114 valence electrons. The van der Waals surface area contributed by atoms with Gasteiger partial charge in [0.05, 0.1) is 12.1 Å². The largest absolute Gasteiger partial charge is 0.490 e. The average Bonchev–Trinajstić information content (AvgIpc) is 2.84. The third-order valence-electron chi connectivity index (χ3n) is 4.00. The van der Waals surface area contributed by atoms with E-state index in [0.717, 1.165) is 12.8 Å². The predicted molar refractivity (Wildman–Crippen MR) is 76.5 cm³/mol. The van der Waals surface area contributed by atoms with E-state index < -0.39 is 5.82 Å². The number of ether oxygens (including phenoxy) is 2. The summed E-state index contributed by atoms with van der Waals surface area (Å²) in [6.07, 6.45) is 1.68. The molecule has 0 aliphatic carbocycles. The zero-order chi connectivity index (χ0) is 15.1. The predicted octanol–water partition coefficient (Wildman–Crippen LogP) is 2.92. The monoisotopic (exact) mass is 293 g/mol. The summed E-state index contributed by atoms with van der Waals surface area (Å²) in [5, 5.41) is 0. The zero-order valence-electron chi connectivity index (χ0n) is 12.6. The van der Waals surface area contributed by atoms with Crippen LogP contribution >= 0.6 is 0 Å². The molecule has 1 saturated heterocycles. The molecule has 0 bridgehead atoms. The number of hydrogen-bond donors (Lipinski definition) is 0. The van der Waals surface area contributed by atoms with Crippen molar-refractivity contribution in [2.45, 2.75) is 45.8 Å². The number of hydrogen-bond acceptors (Lipinski definition) is 3. The Labute approximate surface area is 123 Å². The molecule has 2 aliphatic heterocycles. The third kappa shape index (κ3) is 2.34. The lowest BCUT2D eigenvalue weighted by molar-refractivity contribution is 0.0721. The molecule has 0 spiro atoms. The normalized spacial score (nSPS) is 20.9. The standard InChI is InChI=1S/C16H20FNO3/c1-9(2)21-15-13-12(7-10(3)14(15)17)20-8-11-5-4-6-18(11)16(13)19/h7,9,11H,4-6,8H2,1-3H3. The van der Waals surface area contributed by atoms with Crippen LogP contribution in [0, 0.1) is 12.7 Å². The van der Waals surface area contributed by atoms with Gasteiger partial charge < -0.3 is 14.4 Å². The first kappa shape index (κ1) is 14.2. The van der Waals surface area contributed by atoms with Gasteiger partial charge in [-0.25, -0.2) is 4.39 Å². The van der Waals surface area contributed by atoms with E-state index in [0.29, 0.717) is 24.5 Å². The number of amides is 1. The zero-order valence-corrected chi connectivity index (χ0v) is 12.6. The SMILES string of the molecule is Cc1cc2c(c(OC(C)C)c1F)C(=O)N1CCCC1CO2. The Balaban J connectivity index is 2.14. The fraction of sp³-hybridized carbons (Fsp3) is 0.562. The lowest BCUT2D eigenvalue weighted by Gasteiger charge is -2.22. The summed E-state index contributed by atoms with van der Waals surface area (Å²) < 4.78 is 25.8. The van der Waals surface area contributed by atoms with Crippen LogP contribution in [0.5, 0.6) is 11.5 Å². The Morgan fingerprint density at radius 3 is 2.95 bits per heavy atom. The van der Waals surface area contributed by atoms with Crippen molar-refractivity contribution in [3.63, 3.8) is 0 Å². The highest BCUT2D eigenvalue weighted by Gasteiger charge is 2.37. The summed E-state index contributed by atoms with van der Waals surface area (Å²) in [7, 11) is 0. The lowest BCUT2D eigenvalue weighted by Crippen LogP contribution is -2.36. The van der Waals surface area contributed by atoms with Gasteiger partial charge in [-0.05, 0) is 45.2 Å². The fourth-order valence-corrected chi connectivity index (χ4v) is 3.00. The van der Waals surface area contributed by atoms with E-state index in [1.807, 2.05) is 13.8 Å². The van der Waals surface area contributed by atoms with Crippen molar-refractivity contribution in [1.82, 2.24) is 4.90 Å². The highest BCUT2D eigenvalue weighted by molar-refractivity contribution is 6.00. The molecular formula is C16H20FNO3. The molecule has 2 heterocycles. The van der Waals surface area contributed by atoms with Crippen molar-refractivity contribution in [2.75, 3.05) is 13.2 Å². The molecule has 21 heavy (non-hydrogen) atoms. The molecule has 1 aromatic rings. The van der Waals surface area contributed by atoms with Gasteiger partial charge in [0, 0.05) is 6.54 Å². The summed E-state index contributed by atoms with van der Waals surface area (Å²) in [6, 6.07) is 1.68. The lowest BCUT2D eigenvalue weighted by atomic mass is 10.1. The molecule has 0 saturated carbocycles. The van der Waals surface area contributed by atoms with E-state index in [4.69, 9.17) is 9.47 Å². The van der Waals surface area contributed by atoms with E-state index in [1.165, 1.54) is 0 Å². The maximum atomic E-state index is 14.4. The first-order valence-electron chi connectivity index (χ1n) is 7.42. The van der Waals surface area contributed by atoms with E-state index >= 15 is 0 Å². The van der Waals surface area contributed by atoms with E-state index in [2.05, 4.69) is 0 Å². The van der Waals surface area contributed by atoms with E-state index in [-0.39, 0.29) is 29.4 Å². The van der Waals surface area contributed by atoms with Gasteiger partial charge in [0.25, 0.3) is 5.91 Å². The first-order valence-corrected chi connectivity index (χ1v) is 7.42. The highest BCUT2D eigenvalue weighted by atomic mass is 19.1. The summed E-state index contributed by atoms with van der Waals surface area (Å²) >= 11 is 0. The molecule has 1 aromatic carbocycles. The second-order valence-corrected chi connectivity index (χ2v) is 5.98. The van der Waals surface area contributed by atoms with Gasteiger partial charge in [-0.3, -0.25) is 4.79 Å². The summed E-state index contributed by atoms with van der Waals surface area (Å²) in [5.41, 5.74) is 0.662. The Bertz CT molecular complexity index is 585. The second-order valence-electron chi connectivity index (χ2n) is 5.98. The molecule has 3 rings (SSSR count). The fourth-order valence-electron chi connectivity index (χ4n) is 3.00. The quantitative estimate of drug-likeness (QED) is 0.841. The topological polar surface area (TPSA) is 38.8 Å². The van der Waals surface area contributed by atoms with Crippen LogP contribution in [-0.2, 0) is 0 Å². The molecule has 0 radical (unpaired) electrons. The third-order valence-corrected chi connectivity index (χ3v) is 4.00. The van der Waals surface area contributed by atoms with Crippen LogP contribution in [0.15, 0.2) is 6.07 Å². The minimum absolute atomic E-state index is 0.0255. The van der Waals surface area contributed by atoms with Crippen molar-refractivity contribution in [1.29, 1.82) is 0 Å². The molecule has 0 N–H and O–H groups in total. The Kier molecular flexibility index (Phi) is 3.51. The smallest absolute Gasteiger partial charge is 0.261 e. The number of rotatable bonds is 2. The van der Waals surface area contributed by atoms with Gasteiger partial charge in [0.15, 0.2) is 11.6 Å². The molecule has 2 aliphatic rings. The number of carbonyl (C=O) groups is 1. The number of fused-ring (bicyclic) bond motifs is 2. The maximum Gasteiger partial charge on any atom is 0.261 e. The number of benzene rings is 1. The molecular weight excluding hydrogens is 273 g/mol. The van der Waals surface area contributed by atoms with Gasteiger partial charge in [-0.1, -0.05) is 0 Å². The molecule has 5 heteroatoms. The van der Waals surface area contributed by atoms with Crippen LogP contribution in [0.25, 0.3) is 0 Å². The highest BCUT2D eigenvalue weighted by Crippen LogP contribution is 2.39. The summed E-state index contributed by atoms with van der Waals surface area (Å²) in [6.45, 7) is 6.44. The molecule has 4 nitrogen and oxygen atoms in total. The van der Waals surface area contributed by atoms with Crippen LogP contribution in [0.1, 0.15) is 42.6 Å². The second kappa shape index (κ2) is 5.20. The molecule has 1 atom stereocenters. The van der Waals surface area contributed by atoms with Gasteiger partial charge in [0.1, 0.15) is 17.9 Å². The van der Waals surface area contributed by atoms with Crippen LogP contribution in [0.4, 0.5) is 4.39 Å². The van der Waals surface area contributed by atoms with Crippen molar-refractivity contribution in [3.8, 4) is 11.5 Å². The number of aryl methyl sites for hydroxylation is 1. The molecule has 0 aromatic heterocycles. The van der Waals surface area contributed by atoms with Gasteiger partial charge >= 0.3 is 0 Å². The van der Waals surface area contributed by atoms with Gasteiger partial charge in [0.2, 0.25) is 0 Å². The van der Waals surface area contributed by atoms with Crippen molar-refractivity contribution in [3.05, 3.63) is 23.0 Å². The van der Waals surface area contributed by atoms with Gasteiger partial charge in [-0.15, -0.1) is 0 Å². The molecule has 1 amide bonds. The van der Waals surface area contributed by atoms with Crippen molar-refractivity contribution >= 4 is 5.91 Å². The van der Waals surface area contributed by atoms with Crippen LogP contribution in [-0.4, -0.2) is 36.1 Å². The van der Waals surface area contributed by atoms with Crippen LogP contribution in [0.2, 0.25) is 0 Å². The summed E-state index contributed by atoms with van der Waals surface area (Å²) in [4.78, 5) is 14.6. The van der Waals surface area contributed by atoms with Crippen LogP contribution in [0.3, 0.4) is 0 Å². The Hall–Kier alpha value is -1.78. The van der Waals surface area contributed by atoms with E-state index in [1.54, 1.807) is 17.9 Å². The average molecular weight is 293 g/mol. The van der Waals surface area contributed by atoms with Crippen molar-refractivity contribution < 1.29 is 18.7 Å². The minimum atomic E-state index is -0.475. The molecule has 1 fully saturated rings. The first-order chi connectivity index (χ1) is 9.99. The number of carbonyl (C=O) groups excluding carboxylic acids is 1.